The van der Waals surface area contributed by atoms with E-state index in [1.165, 1.54) is 25.0 Å². The molecule has 4 nitrogen and oxygen atoms in total. The van der Waals surface area contributed by atoms with Gasteiger partial charge < -0.3 is 15.4 Å². The molecule has 21 heavy (non-hydrogen) atoms. The molecule has 8 heteroatoms. The molecule has 1 saturated carbocycles. The van der Waals surface area contributed by atoms with Gasteiger partial charge in [0, 0.05) is 5.69 Å². The summed E-state index contributed by atoms with van der Waals surface area (Å²) in [4.78, 5) is 11.6. The minimum atomic E-state index is -4.75. The Morgan fingerprint density at radius 1 is 1.38 bits per heavy atom. The van der Waals surface area contributed by atoms with Crippen LogP contribution in [0.5, 0.6) is 5.75 Å². The highest BCUT2D eigenvalue weighted by atomic mass is 79.9. The lowest BCUT2D eigenvalue weighted by molar-refractivity contribution is -0.274. The van der Waals surface area contributed by atoms with Gasteiger partial charge in [-0.3, -0.25) is 4.79 Å². The van der Waals surface area contributed by atoms with Gasteiger partial charge >= 0.3 is 6.36 Å². The molecule has 0 aliphatic heterocycles. The summed E-state index contributed by atoms with van der Waals surface area (Å²) in [6.07, 6.45) is -2.36. The summed E-state index contributed by atoms with van der Waals surface area (Å²) in [5.41, 5.74) is 0.398. The lowest BCUT2D eigenvalue weighted by Crippen LogP contribution is -2.29. The molecular formula is C13H14BrF3N2O2. The van der Waals surface area contributed by atoms with Crippen molar-refractivity contribution in [2.45, 2.75) is 19.2 Å². The fourth-order valence-corrected chi connectivity index (χ4v) is 2.16. The standard InChI is InChI=1S/C13H14BrF3N2O2/c14-10-5-9(3-4-11(10)21-13(15,16)17)19-12(20)7-18-6-8-1-2-8/h3-5,8,18H,1-2,6-7H2,(H,19,20). The molecule has 0 heterocycles. The summed E-state index contributed by atoms with van der Waals surface area (Å²) in [6.45, 7) is 0.990. The Hall–Kier alpha value is -1.28. The van der Waals surface area contributed by atoms with E-state index in [9.17, 15) is 18.0 Å². The number of nitrogens with one attached hydrogen (secondary N) is 2. The Morgan fingerprint density at radius 3 is 2.67 bits per heavy atom. The third kappa shape index (κ3) is 5.92. The number of benzene rings is 1. The second kappa shape index (κ2) is 6.65. The van der Waals surface area contributed by atoms with Crippen LogP contribution in [0, 0.1) is 5.92 Å². The summed E-state index contributed by atoms with van der Waals surface area (Å²) in [7, 11) is 0. The summed E-state index contributed by atoms with van der Waals surface area (Å²) >= 11 is 2.98. The molecule has 0 radical (unpaired) electrons. The van der Waals surface area contributed by atoms with Crippen LogP contribution in [0.2, 0.25) is 0 Å². The van der Waals surface area contributed by atoms with Crippen LogP contribution >= 0.6 is 15.9 Å². The number of anilines is 1. The zero-order chi connectivity index (χ0) is 15.5. The van der Waals surface area contributed by atoms with E-state index in [0.717, 1.165) is 12.6 Å². The highest BCUT2D eigenvalue weighted by Gasteiger charge is 2.32. The SMILES string of the molecule is O=C(CNCC1CC1)Nc1ccc(OC(F)(F)F)c(Br)c1. The second-order valence-electron chi connectivity index (χ2n) is 4.82. The minimum absolute atomic E-state index is 0.114. The predicted octanol–water partition coefficient (Wildman–Crippen LogP) is 3.29. The average molecular weight is 367 g/mol. The highest BCUT2D eigenvalue weighted by Crippen LogP contribution is 2.32. The van der Waals surface area contributed by atoms with Gasteiger partial charge in [-0.05, 0) is 59.4 Å². The van der Waals surface area contributed by atoms with Gasteiger partial charge in [0.1, 0.15) is 5.75 Å². The van der Waals surface area contributed by atoms with Crippen LogP contribution in [0.3, 0.4) is 0 Å². The van der Waals surface area contributed by atoms with Crippen LogP contribution in [-0.2, 0) is 4.79 Å². The molecule has 2 rings (SSSR count). The molecule has 1 fully saturated rings. The molecule has 116 valence electrons. The Labute approximate surface area is 128 Å². The maximum Gasteiger partial charge on any atom is 0.573 e. The van der Waals surface area contributed by atoms with Gasteiger partial charge in [0.2, 0.25) is 5.91 Å². The van der Waals surface area contributed by atoms with Crippen LogP contribution in [0.15, 0.2) is 22.7 Å². The van der Waals surface area contributed by atoms with Crippen LogP contribution < -0.4 is 15.4 Å². The number of carbonyl (C=O) groups is 1. The molecule has 1 aromatic carbocycles. The summed E-state index contributed by atoms with van der Waals surface area (Å²) < 4.78 is 40.3. The number of hydrogen-bond donors (Lipinski definition) is 2. The van der Waals surface area contributed by atoms with E-state index in [1.807, 2.05) is 0 Å². The van der Waals surface area contributed by atoms with E-state index in [1.54, 1.807) is 0 Å². The van der Waals surface area contributed by atoms with E-state index in [2.05, 4.69) is 31.3 Å². The fourth-order valence-electron chi connectivity index (χ4n) is 1.70. The number of alkyl halides is 3. The van der Waals surface area contributed by atoms with Gasteiger partial charge in [0.05, 0.1) is 11.0 Å². The summed E-state index contributed by atoms with van der Waals surface area (Å²) in [5, 5.41) is 5.63. The van der Waals surface area contributed by atoms with Crippen molar-refractivity contribution >= 4 is 27.5 Å². The van der Waals surface area contributed by atoms with Gasteiger partial charge in [-0.2, -0.15) is 0 Å². The first-order chi connectivity index (χ1) is 9.83. The van der Waals surface area contributed by atoms with Crippen LogP contribution in [0.25, 0.3) is 0 Å². The maximum absolute atomic E-state index is 12.1. The van der Waals surface area contributed by atoms with Crippen molar-refractivity contribution in [3.63, 3.8) is 0 Å². The fraction of sp³-hybridized carbons (Fsp3) is 0.462. The van der Waals surface area contributed by atoms with E-state index in [4.69, 9.17) is 0 Å². The molecule has 2 N–H and O–H groups in total. The number of halogens is 4. The molecule has 0 unspecified atom stereocenters. The molecule has 0 saturated heterocycles. The topological polar surface area (TPSA) is 50.4 Å². The minimum Gasteiger partial charge on any atom is -0.405 e. The molecule has 1 aromatic rings. The van der Waals surface area contributed by atoms with Crippen molar-refractivity contribution in [1.82, 2.24) is 5.32 Å². The van der Waals surface area contributed by atoms with Crippen LogP contribution in [0.4, 0.5) is 18.9 Å². The average Bonchev–Trinajstić information content (AvgIpc) is 3.15. The first-order valence-corrected chi connectivity index (χ1v) is 7.18. The first-order valence-electron chi connectivity index (χ1n) is 6.39. The Bertz CT molecular complexity index is 519. The van der Waals surface area contributed by atoms with Crippen molar-refractivity contribution in [3.8, 4) is 5.75 Å². The third-order valence-electron chi connectivity index (χ3n) is 2.86. The molecule has 1 aliphatic rings. The van der Waals surface area contributed by atoms with Crippen LogP contribution in [0.1, 0.15) is 12.8 Å². The largest absolute Gasteiger partial charge is 0.573 e. The second-order valence-corrected chi connectivity index (χ2v) is 5.67. The quantitative estimate of drug-likeness (QED) is 0.812. The van der Waals surface area contributed by atoms with Gasteiger partial charge in [-0.25, -0.2) is 0 Å². The molecular weight excluding hydrogens is 353 g/mol. The lowest BCUT2D eigenvalue weighted by Gasteiger charge is -2.12. The van der Waals surface area contributed by atoms with Gasteiger partial charge in [-0.15, -0.1) is 13.2 Å². The van der Waals surface area contributed by atoms with Crippen molar-refractivity contribution < 1.29 is 22.7 Å². The Balaban J connectivity index is 1.85. The van der Waals surface area contributed by atoms with Crippen molar-refractivity contribution in [3.05, 3.63) is 22.7 Å². The Kier molecular flexibility index (Phi) is 5.10. The smallest absolute Gasteiger partial charge is 0.405 e. The highest BCUT2D eigenvalue weighted by molar-refractivity contribution is 9.10. The molecule has 0 aromatic heterocycles. The van der Waals surface area contributed by atoms with Crippen LogP contribution in [-0.4, -0.2) is 25.4 Å². The van der Waals surface area contributed by atoms with E-state index in [0.29, 0.717) is 11.6 Å². The summed E-state index contributed by atoms with van der Waals surface area (Å²) in [6, 6.07) is 3.86. The lowest BCUT2D eigenvalue weighted by atomic mass is 10.3. The summed E-state index contributed by atoms with van der Waals surface area (Å²) in [5.74, 6) is 0.0742. The zero-order valence-electron chi connectivity index (χ0n) is 11.0. The molecule has 1 amide bonds. The van der Waals surface area contributed by atoms with Crippen molar-refractivity contribution in [1.29, 1.82) is 0 Å². The van der Waals surface area contributed by atoms with Crippen molar-refractivity contribution in [2.75, 3.05) is 18.4 Å². The molecule has 0 bridgehead atoms. The number of ether oxygens (including phenoxy) is 1. The van der Waals surface area contributed by atoms with E-state index >= 15 is 0 Å². The monoisotopic (exact) mass is 366 g/mol. The zero-order valence-corrected chi connectivity index (χ0v) is 12.6. The Morgan fingerprint density at radius 2 is 2.10 bits per heavy atom. The molecule has 1 aliphatic carbocycles. The predicted molar refractivity (Wildman–Crippen MR) is 75.0 cm³/mol. The normalized spacial score (nSPS) is 14.9. The van der Waals surface area contributed by atoms with Crippen molar-refractivity contribution in [2.24, 2.45) is 5.92 Å². The molecule has 0 atom stereocenters. The molecule has 0 spiro atoms. The van der Waals surface area contributed by atoms with Gasteiger partial charge in [-0.1, -0.05) is 0 Å². The van der Waals surface area contributed by atoms with E-state index in [-0.39, 0.29) is 22.7 Å². The maximum atomic E-state index is 12.1. The first kappa shape index (κ1) is 16.1. The third-order valence-corrected chi connectivity index (χ3v) is 3.48. The van der Waals surface area contributed by atoms with Gasteiger partial charge in [0.25, 0.3) is 0 Å². The van der Waals surface area contributed by atoms with E-state index < -0.39 is 6.36 Å². The van der Waals surface area contributed by atoms with Gasteiger partial charge in [0.15, 0.2) is 0 Å². The number of carbonyl (C=O) groups excluding carboxylic acids is 1. The number of amides is 1. The number of rotatable bonds is 6. The number of hydrogen-bond acceptors (Lipinski definition) is 3.